The van der Waals surface area contributed by atoms with Crippen LogP contribution in [0, 0.1) is 5.82 Å². The third-order valence-electron chi connectivity index (χ3n) is 4.00. The Labute approximate surface area is 151 Å². The van der Waals surface area contributed by atoms with E-state index in [0.717, 1.165) is 0 Å². The summed E-state index contributed by atoms with van der Waals surface area (Å²) in [5.74, 6) is -0.290. The minimum Gasteiger partial charge on any atom is -0.444 e. The van der Waals surface area contributed by atoms with Crippen molar-refractivity contribution in [1.82, 2.24) is 24.9 Å². The van der Waals surface area contributed by atoms with Crippen LogP contribution in [0.3, 0.4) is 0 Å². The molecule has 4 rings (SSSR count). The van der Waals surface area contributed by atoms with Crippen LogP contribution in [-0.2, 0) is 6.42 Å². The topological polar surface area (TPSA) is 105 Å². The minimum absolute atomic E-state index is 0.264. The largest absolute Gasteiger partial charge is 0.444 e. The Hall–Kier alpha value is -3.75. The summed E-state index contributed by atoms with van der Waals surface area (Å²) >= 11 is 0. The number of oxazole rings is 1. The Balaban J connectivity index is 1.40. The molecule has 136 valence electrons. The normalized spacial score (nSPS) is 11.0. The molecule has 0 unspecified atom stereocenters. The summed E-state index contributed by atoms with van der Waals surface area (Å²) in [7, 11) is 0. The lowest BCUT2D eigenvalue weighted by molar-refractivity contribution is 0.0955. The number of H-pyrrole nitrogens is 1. The van der Waals surface area contributed by atoms with Crippen LogP contribution < -0.4 is 11.0 Å². The molecule has 0 aliphatic rings. The molecular formula is C18H14FN5O3. The number of halogens is 1. The predicted molar refractivity (Wildman–Crippen MR) is 93.7 cm³/mol. The van der Waals surface area contributed by atoms with Gasteiger partial charge in [0.05, 0.1) is 11.3 Å². The molecule has 1 aromatic carbocycles. The molecule has 0 aliphatic carbocycles. The lowest BCUT2D eigenvalue weighted by atomic mass is 10.2. The van der Waals surface area contributed by atoms with Crippen molar-refractivity contribution in [1.29, 1.82) is 0 Å². The average molecular weight is 367 g/mol. The minimum atomic E-state index is -0.407. The summed E-state index contributed by atoms with van der Waals surface area (Å²) < 4.78 is 19.6. The van der Waals surface area contributed by atoms with Crippen LogP contribution in [0.1, 0.15) is 16.1 Å². The lowest BCUT2D eigenvalue weighted by Gasteiger charge is -2.04. The fraction of sp³-hybridized carbons (Fsp3) is 0.111. The number of fused-ring (bicyclic) bond motifs is 1. The fourth-order valence-corrected chi connectivity index (χ4v) is 2.66. The lowest BCUT2D eigenvalue weighted by Crippen LogP contribution is -2.26. The van der Waals surface area contributed by atoms with Crippen molar-refractivity contribution in [2.45, 2.75) is 6.42 Å². The molecular weight excluding hydrogens is 353 g/mol. The van der Waals surface area contributed by atoms with Gasteiger partial charge in [-0.25, -0.2) is 23.7 Å². The fourth-order valence-electron chi connectivity index (χ4n) is 2.66. The Morgan fingerprint density at radius 3 is 2.89 bits per heavy atom. The molecule has 8 nitrogen and oxygen atoms in total. The van der Waals surface area contributed by atoms with Crippen molar-refractivity contribution in [2.75, 3.05) is 6.54 Å². The van der Waals surface area contributed by atoms with Gasteiger partial charge in [0.1, 0.15) is 12.1 Å². The number of benzene rings is 1. The van der Waals surface area contributed by atoms with Crippen molar-refractivity contribution in [3.05, 3.63) is 76.4 Å². The van der Waals surface area contributed by atoms with Crippen LogP contribution in [-0.4, -0.2) is 32.0 Å². The number of rotatable bonds is 5. The summed E-state index contributed by atoms with van der Waals surface area (Å²) in [5.41, 5.74) is 1.48. The summed E-state index contributed by atoms with van der Waals surface area (Å²) in [4.78, 5) is 28.3. The molecule has 3 heterocycles. The Morgan fingerprint density at radius 1 is 1.26 bits per heavy atom. The molecule has 0 radical (unpaired) electrons. The molecule has 0 bridgehead atoms. The summed E-state index contributed by atoms with van der Waals surface area (Å²) in [5, 5.41) is 8.93. The van der Waals surface area contributed by atoms with Gasteiger partial charge in [-0.1, -0.05) is 0 Å². The van der Waals surface area contributed by atoms with E-state index in [0.29, 0.717) is 35.7 Å². The number of carbonyl (C=O) groups excluding carboxylic acids is 1. The van der Waals surface area contributed by atoms with E-state index in [9.17, 15) is 14.0 Å². The first kappa shape index (κ1) is 16.7. The number of pyridine rings is 1. The Kier molecular flexibility index (Phi) is 4.25. The van der Waals surface area contributed by atoms with E-state index in [1.807, 2.05) is 0 Å². The van der Waals surface area contributed by atoms with Crippen molar-refractivity contribution < 1.29 is 13.6 Å². The molecule has 27 heavy (non-hydrogen) atoms. The molecule has 0 spiro atoms. The maximum atomic E-state index is 13.0. The van der Waals surface area contributed by atoms with Gasteiger partial charge >= 0.3 is 5.69 Å². The van der Waals surface area contributed by atoms with Gasteiger partial charge < -0.3 is 9.73 Å². The van der Waals surface area contributed by atoms with Gasteiger partial charge in [-0.3, -0.25) is 4.79 Å². The number of hydrogen-bond acceptors (Lipinski definition) is 5. The Morgan fingerprint density at radius 2 is 2.07 bits per heavy atom. The number of aromatic amines is 1. The Bertz CT molecular complexity index is 1160. The first-order valence-electron chi connectivity index (χ1n) is 8.16. The highest BCUT2D eigenvalue weighted by Gasteiger charge is 2.13. The zero-order valence-corrected chi connectivity index (χ0v) is 14.0. The first-order chi connectivity index (χ1) is 13.1. The third kappa shape index (κ3) is 3.34. The molecule has 1 amide bonds. The summed E-state index contributed by atoms with van der Waals surface area (Å²) in [6.07, 6.45) is 3.48. The van der Waals surface area contributed by atoms with Gasteiger partial charge in [-0.2, -0.15) is 5.10 Å². The third-order valence-corrected chi connectivity index (χ3v) is 4.00. The molecule has 2 N–H and O–H groups in total. The van der Waals surface area contributed by atoms with Crippen LogP contribution in [0.2, 0.25) is 0 Å². The molecule has 0 saturated heterocycles. The summed E-state index contributed by atoms with van der Waals surface area (Å²) in [6.45, 7) is 0.323. The van der Waals surface area contributed by atoms with E-state index >= 15 is 0 Å². The molecule has 0 aliphatic heterocycles. The van der Waals surface area contributed by atoms with E-state index in [-0.39, 0.29) is 17.4 Å². The number of nitrogens with zero attached hydrogens (tertiary/aromatic N) is 3. The number of hydrogen-bond donors (Lipinski definition) is 2. The highest BCUT2D eigenvalue weighted by Crippen LogP contribution is 2.19. The van der Waals surface area contributed by atoms with E-state index < -0.39 is 5.69 Å². The molecule has 0 saturated carbocycles. The second-order valence-corrected chi connectivity index (χ2v) is 5.80. The van der Waals surface area contributed by atoms with Gasteiger partial charge in [-0.15, -0.1) is 0 Å². The van der Waals surface area contributed by atoms with Gasteiger partial charge in [0, 0.05) is 24.7 Å². The second-order valence-electron chi connectivity index (χ2n) is 5.80. The number of amides is 1. The highest BCUT2D eigenvalue weighted by molar-refractivity contribution is 5.99. The predicted octanol–water partition coefficient (Wildman–Crippen LogP) is 1.79. The second kappa shape index (κ2) is 6.87. The van der Waals surface area contributed by atoms with Gasteiger partial charge in [0.15, 0.2) is 5.65 Å². The SMILES string of the molecule is O=C(NCCc1coc(-c2ccc(F)cc2)n1)c1cccn2c(=O)[nH]nc12. The van der Waals surface area contributed by atoms with Gasteiger partial charge in [0.25, 0.3) is 5.91 Å². The van der Waals surface area contributed by atoms with Crippen LogP contribution in [0.5, 0.6) is 0 Å². The van der Waals surface area contributed by atoms with Gasteiger partial charge in [0.2, 0.25) is 5.89 Å². The van der Waals surface area contributed by atoms with Crippen LogP contribution in [0.25, 0.3) is 17.1 Å². The smallest absolute Gasteiger partial charge is 0.347 e. The zero-order chi connectivity index (χ0) is 18.8. The molecule has 0 atom stereocenters. The highest BCUT2D eigenvalue weighted by atomic mass is 19.1. The van der Waals surface area contributed by atoms with Gasteiger partial charge in [-0.05, 0) is 36.4 Å². The zero-order valence-electron chi connectivity index (χ0n) is 14.0. The van der Waals surface area contributed by atoms with Crippen molar-refractivity contribution in [3.63, 3.8) is 0 Å². The molecule has 4 aromatic rings. The molecule has 9 heteroatoms. The number of nitrogens with one attached hydrogen (secondary N) is 2. The molecule has 0 fully saturated rings. The van der Waals surface area contributed by atoms with Crippen molar-refractivity contribution in [3.8, 4) is 11.5 Å². The van der Waals surface area contributed by atoms with Crippen molar-refractivity contribution in [2.24, 2.45) is 0 Å². The van der Waals surface area contributed by atoms with E-state index in [2.05, 4.69) is 20.5 Å². The quantitative estimate of drug-likeness (QED) is 0.559. The molecule has 3 aromatic heterocycles. The van der Waals surface area contributed by atoms with E-state index in [4.69, 9.17) is 4.42 Å². The van der Waals surface area contributed by atoms with Crippen molar-refractivity contribution >= 4 is 11.6 Å². The standard InChI is InChI=1S/C18H14FN5O3/c19-12-5-3-11(4-6-12)17-21-13(10-27-17)7-8-20-16(25)14-2-1-9-24-15(14)22-23-18(24)26/h1-6,9-10H,7-8H2,(H,20,25)(H,23,26). The summed E-state index contributed by atoms with van der Waals surface area (Å²) in [6, 6.07) is 9.03. The van der Waals surface area contributed by atoms with Crippen LogP contribution >= 0.6 is 0 Å². The van der Waals surface area contributed by atoms with Crippen LogP contribution in [0.15, 0.2) is 58.1 Å². The number of carbonyl (C=O) groups is 1. The first-order valence-corrected chi connectivity index (χ1v) is 8.16. The van der Waals surface area contributed by atoms with Crippen LogP contribution in [0.4, 0.5) is 4.39 Å². The van der Waals surface area contributed by atoms with E-state index in [1.54, 1.807) is 24.3 Å². The maximum Gasteiger partial charge on any atom is 0.347 e. The maximum absolute atomic E-state index is 13.0. The van der Waals surface area contributed by atoms with E-state index in [1.165, 1.54) is 29.0 Å². The number of aromatic nitrogens is 4. The average Bonchev–Trinajstić information content (AvgIpc) is 3.29. The monoisotopic (exact) mass is 367 g/mol.